The van der Waals surface area contributed by atoms with Gasteiger partial charge in [-0.05, 0) is 26.2 Å². The summed E-state index contributed by atoms with van der Waals surface area (Å²) in [6.45, 7) is 12.8. The van der Waals surface area contributed by atoms with Crippen molar-refractivity contribution >= 4 is 11.8 Å². The van der Waals surface area contributed by atoms with Crippen LogP contribution >= 0.6 is 0 Å². The van der Waals surface area contributed by atoms with E-state index in [2.05, 4.69) is 5.32 Å². The SMILES string of the molecule is CC(C)(C)OCCN1CC(=O)NC(C(C)(C)C)C1=O. The first-order chi connectivity index (χ1) is 8.50. The highest BCUT2D eigenvalue weighted by atomic mass is 16.5. The molecule has 1 atom stereocenters. The predicted octanol–water partition coefficient (Wildman–Crippen LogP) is 1.17. The maximum Gasteiger partial charge on any atom is 0.246 e. The van der Waals surface area contributed by atoms with Crippen LogP contribution in [0.25, 0.3) is 0 Å². The Morgan fingerprint density at radius 2 is 1.79 bits per heavy atom. The van der Waals surface area contributed by atoms with Crippen LogP contribution in [0.15, 0.2) is 0 Å². The highest BCUT2D eigenvalue weighted by Crippen LogP contribution is 2.23. The van der Waals surface area contributed by atoms with Crippen LogP contribution in [0.1, 0.15) is 41.5 Å². The lowest BCUT2D eigenvalue weighted by molar-refractivity contribution is -0.148. The van der Waals surface area contributed by atoms with Crippen molar-refractivity contribution in [3.63, 3.8) is 0 Å². The monoisotopic (exact) mass is 270 g/mol. The lowest BCUT2D eigenvalue weighted by atomic mass is 9.85. The first-order valence-corrected chi connectivity index (χ1v) is 6.73. The zero-order valence-corrected chi connectivity index (χ0v) is 12.9. The highest BCUT2D eigenvalue weighted by molar-refractivity contribution is 5.95. The molecular formula is C14H26N2O3. The molecule has 2 amide bonds. The van der Waals surface area contributed by atoms with Gasteiger partial charge in [-0.1, -0.05) is 20.8 Å². The van der Waals surface area contributed by atoms with Crippen molar-refractivity contribution in [3.8, 4) is 0 Å². The Kier molecular flexibility index (Phi) is 4.61. The van der Waals surface area contributed by atoms with Crippen LogP contribution in [0.4, 0.5) is 0 Å². The topological polar surface area (TPSA) is 58.6 Å². The number of hydrogen-bond acceptors (Lipinski definition) is 3. The van der Waals surface area contributed by atoms with Crippen LogP contribution in [0, 0.1) is 5.41 Å². The average molecular weight is 270 g/mol. The quantitative estimate of drug-likeness (QED) is 0.837. The summed E-state index contributed by atoms with van der Waals surface area (Å²) in [5, 5.41) is 2.77. The lowest BCUT2D eigenvalue weighted by Crippen LogP contribution is -2.62. The molecule has 1 unspecified atom stereocenters. The molecule has 0 aromatic rings. The van der Waals surface area contributed by atoms with Gasteiger partial charge < -0.3 is 15.0 Å². The molecule has 0 bridgehead atoms. The Balaban J connectivity index is 2.63. The van der Waals surface area contributed by atoms with E-state index in [0.717, 1.165) is 0 Å². The van der Waals surface area contributed by atoms with Gasteiger partial charge in [0.1, 0.15) is 6.04 Å². The molecule has 0 aromatic carbocycles. The second-order valence-corrected chi connectivity index (χ2v) is 7.09. The van der Waals surface area contributed by atoms with E-state index in [9.17, 15) is 9.59 Å². The van der Waals surface area contributed by atoms with E-state index in [1.165, 1.54) is 0 Å². The number of rotatable bonds is 3. The molecule has 5 heteroatoms. The van der Waals surface area contributed by atoms with Gasteiger partial charge >= 0.3 is 0 Å². The molecule has 1 fully saturated rings. The summed E-state index contributed by atoms with van der Waals surface area (Å²) in [6.07, 6.45) is 0. The molecule has 1 N–H and O–H groups in total. The summed E-state index contributed by atoms with van der Waals surface area (Å²) < 4.78 is 5.61. The van der Waals surface area contributed by atoms with Gasteiger partial charge in [0.05, 0.1) is 18.8 Å². The first-order valence-electron chi connectivity index (χ1n) is 6.73. The van der Waals surface area contributed by atoms with Crippen molar-refractivity contribution in [3.05, 3.63) is 0 Å². The van der Waals surface area contributed by atoms with Crippen molar-refractivity contribution in [1.29, 1.82) is 0 Å². The van der Waals surface area contributed by atoms with Gasteiger partial charge in [-0.25, -0.2) is 0 Å². The van der Waals surface area contributed by atoms with Gasteiger partial charge in [-0.3, -0.25) is 9.59 Å². The summed E-state index contributed by atoms with van der Waals surface area (Å²) in [5.74, 6) is -0.125. The zero-order chi connectivity index (χ0) is 14.8. The van der Waals surface area contributed by atoms with E-state index in [-0.39, 0.29) is 29.4 Å². The fraction of sp³-hybridized carbons (Fsp3) is 0.857. The Hall–Kier alpha value is -1.10. The molecule has 19 heavy (non-hydrogen) atoms. The van der Waals surface area contributed by atoms with Gasteiger partial charge in [0, 0.05) is 6.54 Å². The standard InChI is InChI=1S/C14H26N2O3/c1-13(2,3)11-12(18)16(9-10(17)15-11)7-8-19-14(4,5)6/h11H,7-9H2,1-6H3,(H,15,17). The maximum absolute atomic E-state index is 12.3. The van der Waals surface area contributed by atoms with Crippen LogP contribution in [0.2, 0.25) is 0 Å². The number of piperazine rings is 1. The second kappa shape index (κ2) is 5.49. The van der Waals surface area contributed by atoms with Gasteiger partial charge in [0.25, 0.3) is 0 Å². The van der Waals surface area contributed by atoms with Gasteiger partial charge in [0.2, 0.25) is 11.8 Å². The van der Waals surface area contributed by atoms with Crippen LogP contribution < -0.4 is 5.32 Å². The largest absolute Gasteiger partial charge is 0.374 e. The maximum atomic E-state index is 12.3. The van der Waals surface area contributed by atoms with E-state index in [0.29, 0.717) is 13.2 Å². The van der Waals surface area contributed by atoms with Gasteiger partial charge in [-0.2, -0.15) is 0 Å². The molecule has 1 aliphatic heterocycles. The van der Waals surface area contributed by atoms with E-state index in [4.69, 9.17) is 4.74 Å². The Bertz CT molecular complexity index is 353. The number of hydrogen-bond donors (Lipinski definition) is 1. The predicted molar refractivity (Wildman–Crippen MR) is 73.7 cm³/mol. The van der Waals surface area contributed by atoms with E-state index in [1.54, 1.807) is 4.90 Å². The summed E-state index contributed by atoms with van der Waals surface area (Å²) in [6, 6.07) is -0.455. The van der Waals surface area contributed by atoms with E-state index in [1.807, 2.05) is 41.5 Å². The molecule has 1 aliphatic rings. The molecule has 0 saturated carbocycles. The van der Waals surface area contributed by atoms with Crippen molar-refractivity contribution in [1.82, 2.24) is 10.2 Å². The molecule has 0 spiro atoms. The zero-order valence-electron chi connectivity index (χ0n) is 12.9. The molecular weight excluding hydrogens is 244 g/mol. The second-order valence-electron chi connectivity index (χ2n) is 7.09. The minimum atomic E-state index is -0.455. The summed E-state index contributed by atoms with van der Waals surface area (Å²) >= 11 is 0. The minimum Gasteiger partial charge on any atom is -0.374 e. The minimum absolute atomic E-state index is 0.0235. The van der Waals surface area contributed by atoms with E-state index < -0.39 is 6.04 Å². The molecule has 110 valence electrons. The summed E-state index contributed by atoms with van der Waals surface area (Å²) in [4.78, 5) is 25.6. The van der Waals surface area contributed by atoms with E-state index >= 15 is 0 Å². The average Bonchev–Trinajstić information content (AvgIpc) is 2.19. The molecule has 0 radical (unpaired) electrons. The van der Waals surface area contributed by atoms with Crippen molar-refractivity contribution in [2.45, 2.75) is 53.2 Å². The van der Waals surface area contributed by atoms with Gasteiger partial charge in [-0.15, -0.1) is 0 Å². The third-order valence-electron chi connectivity index (χ3n) is 2.96. The number of carbonyl (C=O) groups excluding carboxylic acids is 2. The molecule has 1 saturated heterocycles. The lowest BCUT2D eigenvalue weighted by Gasteiger charge is -2.39. The fourth-order valence-electron chi connectivity index (χ4n) is 1.94. The normalized spacial score (nSPS) is 21.6. The highest BCUT2D eigenvalue weighted by Gasteiger charge is 2.39. The van der Waals surface area contributed by atoms with Crippen LogP contribution in [0.3, 0.4) is 0 Å². The number of nitrogens with zero attached hydrogens (tertiary/aromatic N) is 1. The number of amides is 2. The summed E-state index contributed by atoms with van der Waals surface area (Å²) in [5.41, 5.74) is -0.513. The third kappa shape index (κ3) is 4.82. The molecule has 5 nitrogen and oxygen atoms in total. The van der Waals surface area contributed by atoms with Crippen molar-refractivity contribution in [2.24, 2.45) is 5.41 Å². The third-order valence-corrected chi connectivity index (χ3v) is 2.96. The van der Waals surface area contributed by atoms with Crippen LogP contribution in [-0.2, 0) is 14.3 Å². The number of ether oxygens (including phenoxy) is 1. The van der Waals surface area contributed by atoms with Crippen LogP contribution in [-0.4, -0.2) is 48.1 Å². The molecule has 1 heterocycles. The van der Waals surface area contributed by atoms with Crippen molar-refractivity contribution < 1.29 is 14.3 Å². The number of nitrogens with one attached hydrogen (secondary N) is 1. The van der Waals surface area contributed by atoms with Gasteiger partial charge in [0.15, 0.2) is 0 Å². The molecule has 0 aliphatic carbocycles. The smallest absolute Gasteiger partial charge is 0.246 e. The Morgan fingerprint density at radius 3 is 2.26 bits per heavy atom. The molecule has 1 rings (SSSR count). The first kappa shape index (κ1) is 16.0. The summed E-state index contributed by atoms with van der Waals surface area (Å²) in [7, 11) is 0. The molecule has 0 aromatic heterocycles. The Labute approximate surface area is 115 Å². The van der Waals surface area contributed by atoms with Crippen LogP contribution in [0.5, 0.6) is 0 Å². The number of carbonyl (C=O) groups is 2. The fourth-order valence-corrected chi connectivity index (χ4v) is 1.94. The van der Waals surface area contributed by atoms with Crippen molar-refractivity contribution in [2.75, 3.05) is 19.7 Å². The Morgan fingerprint density at radius 1 is 1.21 bits per heavy atom.